The van der Waals surface area contributed by atoms with Gasteiger partial charge in [0.15, 0.2) is 5.78 Å². The van der Waals surface area contributed by atoms with Crippen LogP contribution in [0, 0.1) is 0 Å². The second kappa shape index (κ2) is 6.76. The number of hydrogen-bond donors (Lipinski definition) is 1. The van der Waals surface area contributed by atoms with Crippen molar-refractivity contribution in [3.05, 3.63) is 18.0 Å². The minimum absolute atomic E-state index is 0.0218. The predicted octanol–water partition coefficient (Wildman–Crippen LogP) is 2.20. The third-order valence-electron chi connectivity index (χ3n) is 4.28. The molecule has 0 radical (unpaired) electrons. The van der Waals surface area contributed by atoms with Crippen LogP contribution in [0.1, 0.15) is 43.8 Å². The van der Waals surface area contributed by atoms with Crippen LogP contribution in [0.2, 0.25) is 0 Å². The van der Waals surface area contributed by atoms with E-state index in [1.807, 2.05) is 17.8 Å². The number of rotatable bonds is 4. The zero-order valence-electron chi connectivity index (χ0n) is 11.9. The first-order chi connectivity index (χ1) is 9.83. The fourth-order valence-electron chi connectivity index (χ4n) is 3.09. The second-order valence-electron chi connectivity index (χ2n) is 5.80. The van der Waals surface area contributed by atoms with E-state index in [0.29, 0.717) is 12.5 Å². The highest BCUT2D eigenvalue weighted by molar-refractivity contribution is 7.99. The first kappa shape index (κ1) is 14.1. The Hall–Kier alpha value is -0.810. The number of nitrogens with zero attached hydrogens (tertiary/aromatic N) is 2. The predicted molar refractivity (Wildman–Crippen MR) is 82.2 cm³/mol. The maximum Gasteiger partial charge on any atom is 0.156 e. The van der Waals surface area contributed by atoms with Crippen molar-refractivity contribution < 1.29 is 4.79 Å². The van der Waals surface area contributed by atoms with Gasteiger partial charge in [0.05, 0.1) is 24.2 Å². The maximum atomic E-state index is 12.2. The van der Waals surface area contributed by atoms with E-state index in [0.717, 1.165) is 23.7 Å². The third-order valence-corrected chi connectivity index (χ3v) is 5.34. The van der Waals surface area contributed by atoms with Crippen LogP contribution < -0.4 is 5.32 Å². The largest absolute Gasteiger partial charge is 0.306 e. The Morgan fingerprint density at radius 3 is 3.00 bits per heavy atom. The van der Waals surface area contributed by atoms with Crippen molar-refractivity contribution in [2.75, 3.05) is 18.1 Å². The number of ketones is 1. The van der Waals surface area contributed by atoms with Crippen LogP contribution in [-0.4, -0.2) is 39.7 Å². The summed E-state index contributed by atoms with van der Waals surface area (Å²) in [6.07, 6.45) is 8.96. The number of hydrogen-bond acceptors (Lipinski definition) is 4. The van der Waals surface area contributed by atoms with E-state index in [4.69, 9.17) is 0 Å². The van der Waals surface area contributed by atoms with Crippen molar-refractivity contribution in [3.63, 3.8) is 0 Å². The lowest BCUT2D eigenvalue weighted by molar-refractivity contribution is -0.120. The van der Waals surface area contributed by atoms with Crippen molar-refractivity contribution in [1.29, 1.82) is 0 Å². The van der Waals surface area contributed by atoms with Crippen LogP contribution in [0.15, 0.2) is 12.3 Å². The molecule has 5 heteroatoms. The molecule has 0 amide bonds. The van der Waals surface area contributed by atoms with E-state index < -0.39 is 0 Å². The quantitative estimate of drug-likeness (QED) is 0.924. The fraction of sp³-hybridized carbons (Fsp3) is 0.733. The summed E-state index contributed by atoms with van der Waals surface area (Å²) in [5.74, 6) is 2.30. The van der Waals surface area contributed by atoms with Gasteiger partial charge in [0.2, 0.25) is 0 Å². The van der Waals surface area contributed by atoms with Crippen LogP contribution in [0.5, 0.6) is 0 Å². The van der Waals surface area contributed by atoms with Gasteiger partial charge in [0, 0.05) is 24.2 Å². The minimum atomic E-state index is 0.0218. The van der Waals surface area contributed by atoms with E-state index in [9.17, 15) is 4.79 Å². The first-order valence-electron chi connectivity index (χ1n) is 7.71. The summed E-state index contributed by atoms with van der Waals surface area (Å²) in [4.78, 5) is 12.2. The molecule has 1 aliphatic heterocycles. The average Bonchev–Trinajstić information content (AvgIpc) is 2.97. The molecule has 4 nitrogen and oxygen atoms in total. The number of aromatic nitrogens is 2. The van der Waals surface area contributed by atoms with Gasteiger partial charge in [-0.3, -0.25) is 9.48 Å². The van der Waals surface area contributed by atoms with Gasteiger partial charge in [-0.25, -0.2) is 0 Å². The molecule has 1 aliphatic carbocycles. The molecular weight excluding hydrogens is 270 g/mol. The molecule has 110 valence electrons. The Morgan fingerprint density at radius 1 is 1.40 bits per heavy atom. The maximum absolute atomic E-state index is 12.2. The molecule has 0 aromatic carbocycles. The molecule has 1 N–H and O–H groups in total. The first-order valence-corrected chi connectivity index (χ1v) is 8.86. The summed E-state index contributed by atoms with van der Waals surface area (Å²) in [6.45, 7) is 0.942. The topological polar surface area (TPSA) is 46.9 Å². The Kier molecular flexibility index (Phi) is 4.78. The summed E-state index contributed by atoms with van der Waals surface area (Å²) in [5.41, 5.74) is 0.929. The molecule has 1 saturated heterocycles. The van der Waals surface area contributed by atoms with Gasteiger partial charge in [-0.1, -0.05) is 19.3 Å². The van der Waals surface area contributed by atoms with Gasteiger partial charge in [-0.2, -0.15) is 16.9 Å². The monoisotopic (exact) mass is 293 g/mol. The summed E-state index contributed by atoms with van der Waals surface area (Å²) < 4.78 is 2.09. The minimum Gasteiger partial charge on any atom is -0.306 e. The molecule has 0 bridgehead atoms. The highest BCUT2D eigenvalue weighted by Gasteiger charge is 2.22. The number of carbonyl (C=O) groups excluding carboxylic acids is 1. The summed E-state index contributed by atoms with van der Waals surface area (Å²) >= 11 is 1.86. The third kappa shape index (κ3) is 3.44. The SMILES string of the molecule is O=C(Cc1ccn(C2CCCCC2)n1)C1CSCCN1. The van der Waals surface area contributed by atoms with Gasteiger partial charge in [0.1, 0.15) is 0 Å². The van der Waals surface area contributed by atoms with E-state index in [2.05, 4.69) is 21.3 Å². The molecular formula is C15H23N3OS. The molecule has 1 aromatic heterocycles. The molecule has 2 fully saturated rings. The van der Waals surface area contributed by atoms with Gasteiger partial charge >= 0.3 is 0 Å². The lowest BCUT2D eigenvalue weighted by atomic mass is 9.96. The zero-order chi connectivity index (χ0) is 13.8. The Morgan fingerprint density at radius 2 is 2.25 bits per heavy atom. The Bertz CT molecular complexity index is 448. The van der Waals surface area contributed by atoms with Crippen molar-refractivity contribution in [1.82, 2.24) is 15.1 Å². The molecule has 2 aliphatic rings. The smallest absolute Gasteiger partial charge is 0.156 e. The highest BCUT2D eigenvalue weighted by Crippen LogP contribution is 2.27. The standard InChI is InChI=1S/C15H23N3OS/c19-15(14-11-20-9-7-16-14)10-12-6-8-18(17-12)13-4-2-1-3-5-13/h6,8,13-14,16H,1-5,7,9-11H2. The normalized spacial score (nSPS) is 24.7. The van der Waals surface area contributed by atoms with Gasteiger partial charge in [0.25, 0.3) is 0 Å². The van der Waals surface area contributed by atoms with Crippen LogP contribution in [0.25, 0.3) is 0 Å². The number of Topliss-reactive ketones (excluding diaryl/α,β-unsaturated/α-hetero) is 1. The summed E-state index contributed by atoms with van der Waals surface area (Å²) in [5, 5.41) is 7.93. The second-order valence-corrected chi connectivity index (χ2v) is 6.95. The van der Waals surface area contributed by atoms with Crippen LogP contribution in [0.3, 0.4) is 0 Å². The molecule has 0 spiro atoms. The van der Waals surface area contributed by atoms with Crippen molar-refractivity contribution >= 4 is 17.5 Å². The molecule has 20 heavy (non-hydrogen) atoms. The lowest BCUT2D eigenvalue weighted by Gasteiger charge is -2.22. The zero-order valence-corrected chi connectivity index (χ0v) is 12.7. The van der Waals surface area contributed by atoms with Gasteiger partial charge < -0.3 is 5.32 Å². The number of nitrogens with one attached hydrogen (secondary N) is 1. The summed E-state index contributed by atoms with van der Waals surface area (Å²) in [6, 6.07) is 2.59. The molecule has 3 rings (SSSR count). The average molecular weight is 293 g/mol. The van der Waals surface area contributed by atoms with Crippen molar-refractivity contribution in [2.24, 2.45) is 0 Å². The summed E-state index contributed by atoms with van der Waals surface area (Å²) in [7, 11) is 0. The molecule has 1 saturated carbocycles. The highest BCUT2D eigenvalue weighted by atomic mass is 32.2. The number of thioether (sulfide) groups is 1. The lowest BCUT2D eigenvalue weighted by Crippen LogP contribution is -2.44. The van der Waals surface area contributed by atoms with Crippen molar-refractivity contribution in [3.8, 4) is 0 Å². The van der Waals surface area contributed by atoms with Gasteiger partial charge in [-0.15, -0.1) is 0 Å². The Balaban J connectivity index is 1.57. The van der Waals surface area contributed by atoms with E-state index in [1.54, 1.807) is 0 Å². The van der Waals surface area contributed by atoms with E-state index >= 15 is 0 Å². The molecule has 1 aromatic rings. The van der Waals surface area contributed by atoms with E-state index in [1.165, 1.54) is 32.1 Å². The van der Waals surface area contributed by atoms with Crippen LogP contribution in [-0.2, 0) is 11.2 Å². The van der Waals surface area contributed by atoms with Gasteiger partial charge in [-0.05, 0) is 18.9 Å². The number of carbonyl (C=O) groups is 1. The molecule has 1 atom stereocenters. The van der Waals surface area contributed by atoms with Crippen LogP contribution >= 0.6 is 11.8 Å². The molecule has 1 unspecified atom stereocenters. The molecule has 2 heterocycles. The van der Waals surface area contributed by atoms with E-state index in [-0.39, 0.29) is 11.8 Å². The van der Waals surface area contributed by atoms with Crippen LogP contribution in [0.4, 0.5) is 0 Å². The Labute approximate surface area is 124 Å². The van der Waals surface area contributed by atoms with Crippen molar-refractivity contribution in [2.45, 2.75) is 50.6 Å². The fourth-order valence-corrected chi connectivity index (χ4v) is 4.06.